The third-order valence-corrected chi connectivity index (χ3v) is 8.64. The van der Waals surface area contributed by atoms with Gasteiger partial charge in [0.1, 0.15) is 18.0 Å². The number of aromatic nitrogens is 2. The molecule has 3 aliphatic rings. The van der Waals surface area contributed by atoms with Gasteiger partial charge in [0.15, 0.2) is 0 Å². The molecule has 2 aromatic heterocycles. The van der Waals surface area contributed by atoms with E-state index in [1.54, 1.807) is 21.6 Å². The molecule has 216 valence electrons. The van der Waals surface area contributed by atoms with E-state index in [2.05, 4.69) is 4.90 Å². The fourth-order valence-corrected chi connectivity index (χ4v) is 6.07. The van der Waals surface area contributed by atoms with Gasteiger partial charge in [-0.05, 0) is 63.9 Å². The molecule has 3 aliphatic heterocycles. The Balaban J connectivity index is 1.31. The fraction of sp³-hybridized carbons (Fsp3) is 0.484. The average Bonchev–Trinajstić information content (AvgIpc) is 3.29. The van der Waals surface area contributed by atoms with Crippen LogP contribution in [0.4, 0.5) is 4.79 Å². The number of aromatic hydroxyl groups is 1. The van der Waals surface area contributed by atoms with Crippen LogP contribution in [0.5, 0.6) is 5.75 Å². The van der Waals surface area contributed by atoms with Gasteiger partial charge in [-0.25, -0.2) is 9.78 Å². The summed E-state index contributed by atoms with van der Waals surface area (Å²) in [6.45, 7) is 12.5. The van der Waals surface area contributed by atoms with E-state index in [9.17, 15) is 19.5 Å². The number of amides is 1. The summed E-state index contributed by atoms with van der Waals surface area (Å²) in [5.41, 5.74) is 3.48. The van der Waals surface area contributed by atoms with Crippen LogP contribution in [0.1, 0.15) is 63.3 Å². The van der Waals surface area contributed by atoms with Crippen LogP contribution in [0.25, 0.3) is 22.3 Å². The molecule has 10 nitrogen and oxygen atoms in total. The molecule has 0 bridgehead atoms. The molecule has 1 unspecified atom stereocenters. The van der Waals surface area contributed by atoms with Gasteiger partial charge in [0, 0.05) is 49.2 Å². The van der Waals surface area contributed by atoms with E-state index in [1.165, 1.54) is 0 Å². The Labute approximate surface area is 238 Å². The minimum absolute atomic E-state index is 0.0200. The van der Waals surface area contributed by atoms with Gasteiger partial charge < -0.3 is 24.0 Å². The predicted molar refractivity (Wildman–Crippen MR) is 153 cm³/mol. The number of cyclic esters (lactones) is 1. The molecule has 41 heavy (non-hydrogen) atoms. The molecular formula is C31H36N4O6. The zero-order valence-corrected chi connectivity index (χ0v) is 24.2. The zero-order chi connectivity index (χ0) is 29.3. The van der Waals surface area contributed by atoms with Crippen LogP contribution >= 0.6 is 0 Å². The zero-order valence-electron chi connectivity index (χ0n) is 24.2. The quantitative estimate of drug-likeness (QED) is 0.375. The number of pyridine rings is 2. The number of phenolic OH excluding ortho intramolecular Hbond substituents is 1. The molecule has 1 N–H and O–H groups in total. The Bertz CT molecular complexity index is 1650. The van der Waals surface area contributed by atoms with Crippen molar-refractivity contribution in [2.75, 3.05) is 26.2 Å². The first-order valence-corrected chi connectivity index (χ1v) is 14.2. The van der Waals surface area contributed by atoms with E-state index in [0.29, 0.717) is 56.9 Å². The second-order valence-corrected chi connectivity index (χ2v) is 12.4. The van der Waals surface area contributed by atoms with Gasteiger partial charge in [-0.1, -0.05) is 6.92 Å². The maximum Gasteiger partial charge on any atom is 0.410 e. The number of benzene rings is 1. The molecule has 0 radical (unpaired) electrons. The van der Waals surface area contributed by atoms with Crippen LogP contribution in [-0.2, 0) is 39.4 Å². The first-order valence-electron chi connectivity index (χ1n) is 14.2. The largest absolute Gasteiger partial charge is 0.508 e. The minimum Gasteiger partial charge on any atom is -0.508 e. The van der Waals surface area contributed by atoms with E-state index in [-0.39, 0.29) is 30.0 Å². The molecule has 1 atom stereocenters. The van der Waals surface area contributed by atoms with Crippen LogP contribution in [0.15, 0.2) is 29.1 Å². The lowest BCUT2D eigenvalue weighted by Gasteiger charge is -2.35. The molecule has 6 rings (SSSR count). The van der Waals surface area contributed by atoms with Gasteiger partial charge in [-0.15, -0.1) is 0 Å². The van der Waals surface area contributed by atoms with Crippen molar-refractivity contribution in [2.45, 2.75) is 71.8 Å². The summed E-state index contributed by atoms with van der Waals surface area (Å²) in [7, 11) is 0. The Morgan fingerprint density at radius 2 is 1.88 bits per heavy atom. The van der Waals surface area contributed by atoms with Crippen LogP contribution in [-0.4, -0.2) is 68.3 Å². The molecule has 1 amide bonds. The van der Waals surface area contributed by atoms with Crippen molar-refractivity contribution in [3.05, 3.63) is 56.9 Å². The summed E-state index contributed by atoms with van der Waals surface area (Å²) >= 11 is 0. The van der Waals surface area contributed by atoms with Crippen molar-refractivity contribution < 1.29 is 24.2 Å². The van der Waals surface area contributed by atoms with Gasteiger partial charge in [-0.2, -0.15) is 0 Å². The third-order valence-electron chi connectivity index (χ3n) is 8.64. The molecule has 0 spiro atoms. The van der Waals surface area contributed by atoms with Gasteiger partial charge in [0.25, 0.3) is 5.56 Å². The van der Waals surface area contributed by atoms with Gasteiger partial charge in [0.2, 0.25) is 0 Å². The van der Waals surface area contributed by atoms with Gasteiger partial charge in [0.05, 0.1) is 34.4 Å². The molecule has 5 heterocycles. The number of fused-ring (bicyclic) bond motifs is 5. The topological polar surface area (TPSA) is 114 Å². The Morgan fingerprint density at radius 3 is 2.56 bits per heavy atom. The maximum atomic E-state index is 13.6. The summed E-state index contributed by atoms with van der Waals surface area (Å²) in [5, 5.41) is 11.7. The monoisotopic (exact) mass is 560 g/mol. The summed E-state index contributed by atoms with van der Waals surface area (Å²) in [6.07, 6.45) is 0.214. The summed E-state index contributed by atoms with van der Waals surface area (Å²) in [5.74, 6) is -0.125. The average molecular weight is 561 g/mol. The summed E-state index contributed by atoms with van der Waals surface area (Å²) in [4.78, 5) is 47.6. The van der Waals surface area contributed by atoms with E-state index in [4.69, 9.17) is 14.5 Å². The number of nitrogens with zero attached hydrogens (tertiary/aromatic N) is 4. The first-order chi connectivity index (χ1) is 19.4. The van der Waals surface area contributed by atoms with E-state index in [1.807, 2.05) is 46.8 Å². The summed E-state index contributed by atoms with van der Waals surface area (Å²) in [6, 6.07) is 7.42. The van der Waals surface area contributed by atoms with Crippen molar-refractivity contribution in [1.29, 1.82) is 0 Å². The molecule has 1 aromatic carbocycles. The highest BCUT2D eigenvalue weighted by Crippen LogP contribution is 2.40. The third kappa shape index (κ3) is 4.54. The van der Waals surface area contributed by atoms with Crippen LogP contribution in [0.3, 0.4) is 0 Å². The van der Waals surface area contributed by atoms with Crippen molar-refractivity contribution in [3.63, 3.8) is 0 Å². The molecule has 1 fully saturated rings. The van der Waals surface area contributed by atoms with Crippen LogP contribution in [0, 0.1) is 0 Å². The smallest absolute Gasteiger partial charge is 0.410 e. The predicted octanol–water partition coefficient (Wildman–Crippen LogP) is 3.91. The van der Waals surface area contributed by atoms with E-state index in [0.717, 1.165) is 33.3 Å². The molecule has 3 aromatic rings. The number of hydrogen-bond acceptors (Lipinski definition) is 8. The SMILES string of the molecule is CCC1(C)C(=O)OCc2c1cc1n(c2=O)Cc2cc3c(CN4CCN(C(=O)OC(C)(C)C)CC4)c(O)ccc3nc2-1. The van der Waals surface area contributed by atoms with Crippen molar-refractivity contribution in [3.8, 4) is 17.1 Å². The van der Waals surface area contributed by atoms with Crippen LogP contribution in [0.2, 0.25) is 0 Å². The second kappa shape index (κ2) is 9.58. The highest BCUT2D eigenvalue weighted by molar-refractivity contribution is 5.89. The second-order valence-electron chi connectivity index (χ2n) is 12.4. The van der Waals surface area contributed by atoms with E-state index >= 15 is 0 Å². The fourth-order valence-electron chi connectivity index (χ4n) is 6.07. The van der Waals surface area contributed by atoms with Crippen molar-refractivity contribution in [2.24, 2.45) is 0 Å². The number of carbonyl (C=O) groups excluding carboxylic acids is 2. The van der Waals surface area contributed by atoms with Crippen LogP contribution < -0.4 is 5.56 Å². The standard InChI is InChI=1S/C31H36N4O6/c1-6-31(5)22-14-24-26-18(15-35(24)27(37)21(22)17-40-28(31)38)13-19-20(25(36)8-7-23(19)32-26)16-33-9-11-34(12-10-33)29(39)41-30(2,3)4/h7-8,13-14,36H,6,9-12,15-17H2,1-5H3. The Morgan fingerprint density at radius 1 is 1.15 bits per heavy atom. The van der Waals surface area contributed by atoms with E-state index < -0.39 is 11.0 Å². The van der Waals surface area contributed by atoms with Crippen molar-refractivity contribution >= 4 is 23.0 Å². The normalized spacial score (nSPS) is 20.4. The Hall–Kier alpha value is -3.92. The van der Waals surface area contributed by atoms with Crippen molar-refractivity contribution in [1.82, 2.24) is 19.4 Å². The number of ether oxygens (including phenoxy) is 2. The molecule has 0 aliphatic carbocycles. The highest BCUT2D eigenvalue weighted by Gasteiger charge is 2.43. The number of piperazine rings is 1. The molecule has 10 heteroatoms. The minimum atomic E-state index is -0.881. The number of phenols is 1. The van der Waals surface area contributed by atoms with Gasteiger partial charge >= 0.3 is 12.1 Å². The number of hydrogen-bond donors (Lipinski definition) is 1. The number of carbonyl (C=O) groups is 2. The number of esters is 1. The first kappa shape index (κ1) is 27.3. The Kier molecular flexibility index (Phi) is 6.37. The lowest BCUT2D eigenvalue weighted by atomic mass is 9.76. The number of rotatable bonds is 3. The van der Waals surface area contributed by atoms with Gasteiger partial charge in [-0.3, -0.25) is 14.5 Å². The molecule has 0 saturated carbocycles. The lowest BCUT2D eigenvalue weighted by molar-refractivity contribution is -0.153. The maximum absolute atomic E-state index is 13.6. The highest BCUT2D eigenvalue weighted by atomic mass is 16.6. The lowest BCUT2D eigenvalue weighted by Crippen LogP contribution is -2.49. The molecular weight excluding hydrogens is 524 g/mol. The molecule has 1 saturated heterocycles. The summed E-state index contributed by atoms with van der Waals surface area (Å²) < 4.78 is 12.6.